The number of benzene rings is 1. The molecule has 2 nitrogen and oxygen atoms in total. The van der Waals surface area contributed by atoms with Crippen molar-refractivity contribution in [3.8, 4) is 0 Å². The number of hydrogen-bond donors (Lipinski definition) is 1. The van der Waals surface area contributed by atoms with Gasteiger partial charge in [-0.1, -0.05) is 18.2 Å². The molecular weight excluding hydrogens is 246 g/mol. The zero-order valence-electron chi connectivity index (χ0n) is 11.9. The molecule has 5 atom stereocenters. The summed E-state index contributed by atoms with van der Waals surface area (Å²) in [4.78, 5) is 0. The lowest BCUT2D eigenvalue weighted by molar-refractivity contribution is 0.396. The van der Waals surface area contributed by atoms with Crippen LogP contribution in [0.3, 0.4) is 0 Å². The molecule has 2 heteroatoms. The van der Waals surface area contributed by atoms with Gasteiger partial charge < -0.3 is 9.73 Å². The van der Waals surface area contributed by atoms with E-state index in [1.54, 1.807) is 0 Å². The Labute approximate surface area is 119 Å². The van der Waals surface area contributed by atoms with Crippen LogP contribution >= 0.6 is 0 Å². The van der Waals surface area contributed by atoms with Crippen LogP contribution in [0.25, 0.3) is 11.0 Å². The van der Waals surface area contributed by atoms with Crippen molar-refractivity contribution in [1.29, 1.82) is 0 Å². The zero-order valence-corrected chi connectivity index (χ0v) is 11.9. The van der Waals surface area contributed by atoms with Gasteiger partial charge in [0.2, 0.25) is 0 Å². The Morgan fingerprint density at radius 2 is 1.90 bits per heavy atom. The predicted molar refractivity (Wildman–Crippen MR) is 79.4 cm³/mol. The molecule has 1 heterocycles. The maximum atomic E-state index is 5.99. The minimum Gasteiger partial charge on any atom is -0.459 e. The minimum absolute atomic E-state index is 0.331. The molecule has 104 valence electrons. The van der Waals surface area contributed by atoms with E-state index in [0.29, 0.717) is 6.04 Å². The summed E-state index contributed by atoms with van der Waals surface area (Å²) in [6, 6.07) is 11.6. The molecule has 0 amide bonds. The molecule has 3 aliphatic carbocycles. The monoisotopic (exact) mass is 267 g/mol. The molecule has 0 aliphatic heterocycles. The smallest absolute Gasteiger partial charge is 0.134 e. The van der Waals surface area contributed by atoms with E-state index in [4.69, 9.17) is 4.42 Å². The molecule has 0 spiro atoms. The van der Waals surface area contributed by atoms with Gasteiger partial charge in [0.05, 0.1) is 6.04 Å². The number of furan rings is 1. The molecule has 0 saturated heterocycles. The second-order valence-corrected chi connectivity index (χ2v) is 7.09. The molecule has 2 aromatic rings. The van der Waals surface area contributed by atoms with Crippen molar-refractivity contribution in [2.75, 3.05) is 0 Å². The van der Waals surface area contributed by atoms with Crippen molar-refractivity contribution in [3.63, 3.8) is 0 Å². The molecule has 1 aromatic heterocycles. The first-order valence-corrected chi connectivity index (χ1v) is 8.06. The van der Waals surface area contributed by atoms with Crippen LogP contribution in [0, 0.1) is 23.7 Å². The molecule has 3 saturated carbocycles. The fourth-order valence-corrected chi connectivity index (χ4v) is 5.13. The summed E-state index contributed by atoms with van der Waals surface area (Å²) in [7, 11) is 0. The SMILES string of the molecule is CC(NC1C2C3CCC(C3)C12)c1cc2ccccc2o1. The Morgan fingerprint density at radius 3 is 2.65 bits per heavy atom. The van der Waals surface area contributed by atoms with Gasteiger partial charge in [-0.05, 0) is 62.0 Å². The van der Waals surface area contributed by atoms with E-state index < -0.39 is 0 Å². The van der Waals surface area contributed by atoms with Gasteiger partial charge in [0.15, 0.2) is 0 Å². The molecular formula is C18H21NO. The second-order valence-electron chi connectivity index (χ2n) is 7.09. The summed E-state index contributed by atoms with van der Waals surface area (Å²) < 4.78 is 5.99. The average molecular weight is 267 g/mol. The Balaban J connectivity index is 1.35. The maximum absolute atomic E-state index is 5.99. The van der Waals surface area contributed by atoms with E-state index in [1.165, 1.54) is 24.6 Å². The highest BCUT2D eigenvalue weighted by Gasteiger charge is 2.64. The molecule has 3 aliphatic rings. The van der Waals surface area contributed by atoms with E-state index in [0.717, 1.165) is 41.1 Å². The van der Waals surface area contributed by atoms with Gasteiger partial charge in [0, 0.05) is 11.4 Å². The molecule has 20 heavy (non-hydrogen) atoms. The summed E-state index contributed by atoms with van der Waals surface area (Å²) in [5.41, 5.74) is 1.01. The first-order chi connectivity index (χ1) is 9.81. The quantitative estimate of drug-likeness (QED) is 0.904. The molecule has 1 aromatic carbocycles. The molecule has 0 radical (unpaired) electrons. The average Bonchev–Trinajstić information content (AvgIpc) is 2.91. The number of hydrogen-bond acceptors (Lipinski definition) is 2. The fraction of sp³-hybridized carbons (Fsp3) is 0.556. The van der Waals surface area contributed by atoms with Crippen molar-refractivity contribution < 1.29 is 4.42 Å². The van der Waals surface area contributed by atoms with Gasteiger partial charge in [0.1, 0.15) is 11.3 Å². The van der Waals surface area contributed by atoms with Crippen LogP contribution < -0.4 is 5.32 Å². The predicted octanol–water partition coefficient (Wildman–Crippen LogP) is 4.13. The largest absolute Gasteiger partial charge is 0.459 e. The topological polar surface area (TPSA) is 25.2 Å². The Morgan fingerprint density at radius 1 is 1.15 bits per heavy atom. The molecule has 3 fully saturated rings. The highest BCUT2D eigenvalue weighted by atomic mass is 16.3. The third-order valence-corrected chi connectivity index (χ3v) is 6.05. The molecule has 5 unspecified atom stereocenters. The third-order valence-electron chi connectivity index (χ3n) is 6.05. The number of para-hydroxylation sites is 1. The van der Waals surface area contributed by atoms with Gasteiger partial charge in [0.25, 0.3) is 0 Å². The van der Waals surface area contributed by atoms with E-state index in [9.17, 15) is 0 Å². The van der Waals surface area contributed by atoms with Crippen molar-refractivity contribution in [1.82, 2.24) is 5.32 Å². The van der Waals surface area contributed by atoms with E-state index in [2.05, 4.69) is 36.5 Å². The van der Waals surface area contributed by atoms with Crippen LogP contribution in [0.5, 0.6) is 0 Å². The Bertz CT molecular complexity index is 611. The lowest BCUT2D eigenvalue weighted by Gasteiger charge is -2.15. The Kier molecular flexibility index (Phi) is 2.21. The lowest BCUT2D eigenvalue weighted by Crippen LogP contribution is -2.25. The summed E-state index contributed by atoms with van der Waals surface area (Å²) in [5.74, 6) is 5.13. The van der Waals surface area contributed by atoms with Gasteiger partial charge in [-0.2, -0.15) is 0 Å². The summed E-state index contributed by atoms with van der Waals surface area (Å²) >= 11 is 0. The fourth-order valence-electron chi connectivity index (χ4n) is 5.13. The van der Waals surface area contributed by atoms with E-state index in [1.807, 2.05) is 6.07 Å². The van der Waals surface area contributed by atoms with Gasteiger partial charge >= 0.3 is 0 Å². The second kappa shape index (κ2) is 3.88. The third kappa shape index (κ3) is 1.49. The van der Waals surface area contributed by atoms with Gasteiger partial charge in [-0.3, -0.25) is 0 Å². The normalized spacial score (nSPS) is 39.1. The van der Waals surface area contributed by atoms with Crippen LogP contribution in [0.2, 0.25) is 0 Å². The van der Waals surface area contributed by atoms with Crippen LogP contribution in [0.15, 0.2) is 34.7 Å². The minimum atomic E-state index is 0.331. The molecule has 1 N–H and O–H groups in total. The van der Waals surface area contributed by atoms with Crippen molar-refractivity contribution in [2.24, 2.45) is 23.7 Å². The van der Waals surface area contributed by atoms with Crippen molar-refractivity contribution >= 4 is 11.0 Å². The van der Waals surface area contributed by atoms with E-state index >= 15 is 0 Å². The summed E-state index contributed by atoms with van der Waals surface area (Å²) in [5, 5.41) is 5.06. The highest BCUT2D eigenvalue weighted by Crippen LogP contribution is 2.65. The summed E-state index contributed by atoms with van der Waals surface area (Å²) in [6.07, 6.45) is 4.50. The Hall–Kier alpha value is -1.28. The maximum Gasteiger partial charge on any atom is 0.134 e. The highest BCUT2D eigenvalue weighted by molar-refractivity contribution is 5.77. The summed E-state index contributed by atoms with van der Waals surface area (Å²) in [6.45, 7) is 2.24. The van der Waals surface area contributed by atoms with E-state index in [-0.39, 0.29) is 0 Å². The van der Waals surface area contributed by atoms with Crippen LogP contribution in [0.4, 0.5) is 0 Å². The van der Waals surface area contributed by atoms with Gasteiger partial charge in [-0.25, -0.2) is 0 Å². The van der Waals surface area contributed by atoms with Gasteiger partial charge in [-0.15, -0.1) is 0 Å². The van der Waals surface area contributed by atoms with Crippen molar-refractivity contribution in [2.45, 2.75) is 38.3 Å². The lowest BCUT2D eigenvalue weighted by atomic mass is 10.0. The number of rotatable bonds is 3. The molecule has 5 rings (SSSR count). The van der Waals surface area contributed by atoms with Crippen LogP contribution in [-0.4, -0.2) is 6.04 Å². The van der Waals surface area contributed by atoms with Crippen LogP contribution in [0.1, 0.15) is 38.0 Å². The van der Waals surface area contributed by atoms with Crippen LogP contribution in [-0.2, 0) is 0 Å². The first kappa shape index (κ1) is 11.4. The zero-order chi connectivity index (χ0) is 13.3. The number of nitrogens with one attached hydrogen (secondary N) is 1. The standard InChI is InChI=1S/C18H21NO/c1-10(15-9-11-4-2-3-5-14(11)20-15)19-18-16-12-6-7-13(8-12)17(16)18/h2-5,9-10,12-13,16-19H,6-8H2,1H3. The number of fused-ring (bicyclic) bond motifs is 6. The first-order valence-electron chi connectivity index (χ1n) is 8.06. The molecule has 2 bridgehead atoms. The van der Waals surface area contributed by atoms with Crippen molar-refractivity contribution in [3.05, 3.63) is 36.1 Å².